The van der Waals surface area contributed by atoms with Gasteiger partial charge in [0.1, 0.15) is 12.1 Å². The third-order valence-electron chi connectivity index (χ3n) is 6.76. The van der Waals surface area contributed by atoms with Gasteiger partial charge in [-0.25, -0.2) is 0 Å². The molecule has 0 aromatic heterocycles. The van der Waals surface area contributed by atoms with Crippen LogP contribution in [0.15, 0.2) is 30.3 Å². The zero-order valence-corrected chi connectivity index (χ0v) is 19.2. The highest BCUT2D eigenvalue weighted by Crippen LogP contribution is 2.28. The molecule has 2 aliphatic rings. The molecule has 0 spiro atoms. The summed E-state index contributed by atoms with van der Waals surface area (Å²) in [6.07, 6.45) is 9.07. The Kier molecular flexibility index (Phi) is 9.53. The van der Waals surface area contributed by atoms with Gasteiger partial charge in [-0.3, -0.25) is 14.4 Å². The van der Waals surface area contributed by atoms with Crippen molar-refractivity contribution in [3.8, 4) is 0 Å². The number of carbonyl (C=O) groups excluding carboxylic acids is 3. The molecule has 4 N–H and O–H groups in total. The number of hydrogen-bond acceptors (Lipinski definition) is 4. The van der Waals surface area contributed by atoms with E-state index in [2.05, 4.69) is 33.4 Å². The Bertz CT molecular complexity index is 743. The Labute approximate surface area is 191 Å². The van der Waals surface area contributed by atoms with Crippen LogP contribution in [0.4, 0.5) is 0 Å². The van der Waals surface area contributed by atoms with Crippen molar-refractivity contribution in [1.29, 1.82) is 0 Å². The SMILES string of the molecule is CNC(=O)[C@@H](CCCc1ccccc1)NC(=O)[C@H](NC(=O)[C@@H]1CCCCN1)C1CCCC1. The summed E-state index contributed by atoms with van der Waals surface area (Å²) >= 11 is 0. The zero-order chi connectivity index (χ0) is 22.8. The quantitative estimate of drug-likeness (QED) is 0.446. The maximum absolute atomic E-state index is 13.3. The van der Waals surface area contributed by atoms with Crippen LogP contribution >= 0.6 is 0 Å². The van der Waals surface area contributed by atoms with E-state index < -0.39 is 12.1 Å². The first kappa shape index (κ1) is 24.2. The van der Waals surface area contributed by atoms with Crippen LogP contribution in [-0.2, 0) is 20.8 Å². The molecule has 1 saturated heterocycles. The molecule has 32 heavy (non-hydrogen) atoms. The molecule has 1 heterocycles. The highest BCUT2D eigenvalue weighted by molar-refractivity contribution is 5.93. The summed E-state index contributed by atoms with van der Waals surface area (Å²) in [5.74, 6) is -0.416. The van der Waals surface area contributed by atoms with Crippen molar-refractivity contribution >= 4 is 17.7 Å². The van der Waals surface area contributed by atoms with Crippen molar-refractivity contribution in [2.75, 3.05) is 13.6 Å². The van der Waals surface area contributed by atoms with Gasteiger partial charge in [-0.05, 0) is 63.0 Å². The van der Waals surface area contributed by atoms with Crippen molar-refractivity contribution in [3.63, 3.8) is 0 Å². The van der Waals surface area contributed by atoms with Crippen LogP contribution < -0.4 is 21.3 Å². The van der Waals surface area contributed by atoms with Gasteiger partial charge < -0.3 is 21.3 Å². The van der Waals surface area contributed by atoms with Gasteiger partial charge in [0.2, 0.25) is 17.7 Å². The molecular formula is C25H38N4O3. The van der Waals surface area contributed by atoms with Crippen LogP contribution in [0.2, 0.25) is 0 Å². The lowest BCUT2D eigenvalue weighted by atomic mass is 9.95. The Balaban J connectivity index is 1.61. The largest absolute Gasteiger partial charge is 0.357 e. The number of amides is 3. The topological polar surface area (TPSA) is 99.3 Å². The molecule has 3 amide bonds. The highest BCUT2D eigenvalue weighted by Gasteiger charge is 2.35. The monoisotopic (exact) mass is 442 g/mol. The average Bonchev–Trinajstić information content (AvgIpc) is 3.37. The van der Waals surface area contributed by atoms with Crippen molar-refractivity contribution < 1.29 is 14.4 Å². The van der Waals surface area contributed by atoms with E-state index in [0.29, 0.717) is 6.42 Å². The summed E-state index contributed by atoms with van der Waals surface area (Å²) in [5.41, 5.74) is 1.21. The summed E-state index contributed by atoms with van der Waals surface area (Å²) < 4.78 is 0. The van der Waals surface area contributed by atoms with Crippen molar-refractivity contribution in [2.45, 2.75) is 82.3 Å². The third-order valence-corrected chi connectivity index (χ3v) is 6.76. The number of benzene rings is 1. The fourth-order valence-electron chi connectivity index (χ4n) is 4.88. The van der Waals surface area contributed by atoms with Gasteiger partial charge in [-0.15, -0.1) is 0 Å². The van der Waals surface area contributed by atoms with Gasteiger partial charge >= 0.3 is 0 Å². The number of aryl methyl sites for hydroxylation is 1. The number of nitrogens with one attached hydrogen (secondary N) is 4. The van der Waals surface area contributed by atoms with Gasteiger partial charge in [0.25, 0.3) is 0 Å². The van der Waals surface area contributed by atoms with E-state index in [-0.39, 0.29) is 29.7 Å². The summed E-state index contributed by atoms with van der Waals surface area (Å²) in [6.45, 7) is 0.832. The molecule has 7 nitrogen and oxygen atoms in total. The fourth-order valence-corrected chi connectivity index (χ4v) is 4.88. The zero-order valence-electron chi connectivity index (χ0n) is 19.2. The minimum atomic E-state index is -0.607. The van der Waals surface area contributed by atoms with Crippen LogP contribution in [0, 0.1) is 5.92 Å². The molecule has 7 heteroatoms. The first-order valence-corrected chi connectivity index (χ1v) is 12.2. The molecule has 0 unspecified atom stereocenters. The first-order valence-electron chi connectivity index (χ1n) is 12.2. The van der Waals surface area contributed by atoms with Crippen LogP contribution in [-0.4, -0.2) is 49.4 Å². The first-order chi connectivity index (χ1) is 15.6. The van der Waals surface area contributed by atoms with E-state index in [0.717, 1.165) is 64.3 Å². The minimum absolute atomic E-state index is 0.0997. The van der Waals surface area contributed by atoms with Crippen LogP contribution in [0.3, 0.4) is 0 Å². The van der Waals surface area contributed by atoms with Gasteiger partial charge in [-0.2, -0.15) is 0 Å². The van der Waals surface area contributed by atoms with E-state index in [4.69, 9.17) is 0 Å². The predicted molar refractivity (Wildman–Crippen MR) is 125 cm³/mol. The van der Waals surface area contributed by atoms with Gasteiger partial charge in [-0.1, -0.05) is 49.6 Å². The van der Waals surface area contributed by atoms with Crippen molar-refractivity contribution in [1.82, 2.24) is 21.3 Å². The van der Waals surface area contributed by atoms with Crippen LogP contribution in [0.25, 0.3) is 0 Å². The molecule has 1 aliphatic heterocycles. The molecule has 0 bridgehead atoms. The number of carbonyl (C=O) groups is 3. The van der Waals surface area contributed by atoms with Gasteiger partial charge in [0.05, 0.1) is 6.04 Å². The lowest BCUT2D eigenvalue weighted by Gasteiger charge is -2.29. The molecule has 1 aliphatic carbocycles. The highest BCUT2D eigenvalue weighted by atomic mass is 16.2. The lowest BCUT2D eigenvalue weighted by molar-refractivity contribution is -0.134. The molecule has 1 aromatic rings. The fraction of sp³-hybridized carbons (Fsp3) is 0.640. The second-order valence-electron chi connectivity index (χ2n) is 9.09. The minimum Gasteiger partial charge on any atom is -0.357 e. The third kappa shape index (κ3) is 7.05. The second-order valence-corrected chi connectivity index (χ2v) is 9.09. The Hall–Kier alpha value is -2.41. The van der Waals surface area contributed by atoms with Gasteiger partial charge in [0.15, 0.2) is 0 Å². The van der Waals surface area contributed by atoms with Gasteiger partial charge in [0, 0.05) is 7.05 Å². The number of piperidine rings is 1. The molecular weight excluding hydrogens is 404 g/mol. The number of rotatable bonds is 10. The lowest BCUT2D eigenvalue weighted by Crippen LogP contribution is -2.58. The maximum Gasteiger partial charge on any atom is 0.243 e. The van der Waals surface area contributed by atoms with Crippen molar-refractivity contribution in [3.05, 3.63) is 35.9 Å². The molecule has 2 fully saturated rings. The van der Waals surface area contributed by atoms with Crippen LogP contribution in [0.5, 0.6) is 0 Å². The Morgan fingerprint density at radius 1 is 0.969 bits per heavy atom. The van der Waals surface area contributed by atoms with E-state index in [1.165, 1.54) is 5.56 Å². The summed E-state index contributed by atoms with van der Waals surface area (Å²) in [5, 5.41) is 11.9. The summed E-state index contributed by atoms with van der Waals surface area (Å²) in [4.78, 5) is 38.6. The molecule has 1 saturated carbocycles. The van der Waals surface area contributed by atoms with E-state index in [1.807, 2.05) is 18.2 Å². The standard InChI is InChI=1S/C25H38N4O3/c1-26-23(30)21(16-9-12-18-10-3-2-4-11-18)28-25(32)22(19-13-5-6-14-19)29-24(31)20-15-7-8-17-27-20/h2-4,10-11,19-22,27H,5-9,12-17H2,1H3,(H,26,30)(H,28,32)(H,29,31)/t20-,21+,22+/m0/s1. The predicted octanol–water partition coefficient (Wildman–Crippen LogP) is 2.06. The number of likely N-dealkylation sites (N-methyl/N-ethyl adjacent to an activating group) is 1. The maximum atomic E-state index is 13.3. The summed E-state index contributed by atoms with van der Waals surface area (Å²) in [7, 11) is 1.59. The normalized spacial score (nSPS) is 20.8. The Morgan fingerprint density at radius 2 is 1.69 bits per heavy atom. The van der Waals surface area contributed by atoms with Crippen LogP contribution in [0.1, 0.15) is 63.4 Å². The molecule has 0 radical (unpaired) electrons. The smallest absolute Gasteiger partial charge is 0.243 e. The molecule has 176 valence electrons. The Morgan fingerprint density at radius 3 is 2.34 bits per heavy atom. The molecule has 3 rings (SSSR count). The molecule has 3 atom stereocenters. The average molecular weight is 443 g/mol. The van der Waals surface area contributed by atoms with E-state index >= 15 is 0 Å². The summed E-state index contributed by atoms with van der Waals surface area (Å²) in [6, 6.07) is 8.70. The van der Waals surface area contributed by atoms with E-state index in [1.54, 1.807) is 7.05 Å². The second kappa shape index (κ2) is 12.6. The molecule has 1 aromatic carbocycles. The van der Waals surface area contributed by atoms with E-state index in [9.17, 15) is 14.4 Å². The van der Waals surface area contributed by atoms with Crippen molar-refractivity contribution in [2.24, 2.45) is 5.92 Å². The number of hydrogen-bond donors (Lipinski definition) is 4.